The summed E-state index contributed by atoms with van der Waals surface area (Å²) in [7, 11) is 0. The first-order valence-corrected chi connectivity index (χ1v) is 7.18. The molecule has 0 bridgehead atoms. The van der Waals surface area contributed by atoms with E-state index in [0.29, 0.717) is 17.1 Å². The van der Waals surface area contributed by atoms with Gasteiger partial charge in [-0.1, -0.05) is 0 Å². The number of aromatic nitrogens is 3. The summed E-state index contributed by atoms with van der Waals surface area (Å²) in [4.78, 5) is 8.49. The van der Waals surface area contributed by atoms with Crippen LogP contribution < -0.4 is 0 Å². The third kappa shape index (κ3) is 2.15. The van der Waals surface area contributed by atoms with Crippen LogP contribution in [-0.4, -0.2) is 54.8 Å². The van der Waals surface area contributed by atoms with Crippen molar-refractivity contribution in [3.05, 3.63) is 37.0 Å². The lowest BCUT2D eigenvalue weighted by Crippen LogP contribution is -2.33. The lowest BCUT2D eigenvalue weighted by atomic mass is 10.1. The Morgan fingerprint density at radius 1 is 1.17 bits per heavy atom. The van der Waals surface area contributed by atoms with Crippen molar-refractivity contribution in [3.63, 3.8) is 0 Å². The van der Waals surface area contributed by atoms with E-state index in [1.165, 1.54) is 6.33 Å². The Balaban J connectivity index is 1.80. The van der Waals surface area contributed by atoms with E-state index in [2.05, 4.69) is 9.97 Å². The topological polar surface area (TPSA) is 114 Å². The minimum absolute atomic E-state index is 0.374. The number of hydrogen-bond acceptors (Lipinski definition) is 7. The molecule has 3 aromatic heterocycles. The van der Waals surface area contributed by atoms with Crippen molar-refractivity contribution in [2.45, 2.75) is 24.5 Å². The van der Waals surface area contributed by atoms with Gasteiger partial charge in [-0.2, -0.15) is 0 Å². The average Bonchev–Trinajstić information content (AvgIpc) is 3.28. The van der Waals surface area contributed by atoms with Gasteiger partial charge in [0.25, 0.3) is 0 Å². The number of nitrogens with zero attached hydrogens (tertiary/aromatic N) is 3. The molecule has 0 saturated carbocycles. The summed E-state index contributed by atoms with van der Waals surface area (Å²) in [5, 5.41) is 30.0. The summed E-state index contributed by atoms with van der Waals surface area (Å²) in [5.41, 5.74) is 1.17. The van der Waals surface area contributed by atoms with Gasteiger partial charge in [0, 0.05) is 11.6 Å². The molecule has 3 aromatic rings. The van der Waals surface area contributed by atoms with Gasteiger partial charge >= 0.3 is 0 Å². The van der Waals surface area contributed by atoms with E-state index in [0.717, 1.165) is 5.39 Å². The van der Waals surface area contributed by atoms with Crippen LogP contribution in [0.15, 0.2) is 41.4 Å². The van der Waals surface area contributed by atoms with Gasteiger partial charge < -0.3 is 29.0 Å². The Hall–Kier alpha value is -2.26. The van der Waals surface area contributed by atoms with Crippen LogP contribution in [0.4, 0.5) is 0 Å². The summed E-state index contributed by atoms with van der Waals surface area (Å²) in [5.74, 6) is 0.608. The maximum absolute atomic E-state index is 10.2. The lowest BCUT2D eigenvalue weighted by molar-refractivity contribution is -0.0508. The smallest absolute Gasteiger partial charge is 0.164 e. The summed E-state index contributed by atoms with van der Waals surface area (Å²) >= 11 is 0. The highest BCUT2D eigenvalue weighted by atomic mass is 16.6. The Labute approximate surface area is 130 Å². The van der Waals surface area contributed by atoms with Crippen LogP contribution in [0.25, 0.3) is 22.5 Å². The third-order valence-corrected chi connectivity index (χ3v) is 4.06. The second-order valence-electron chi connectivity index (χ2n) is 5.39. The van der Waals surface area contributed by atoms with Crippen LogP contribution >= 0.6 is 0 Å². The second-order valence-corrected chi connectivity index (χ2v) is 5.39. The molecule has 0 aromatic carbocycles. The van der Waals surface area contributed by atoms with Crippen molar-refractivity contribution < 1.29 is 24.5 Å². The molecule has 120 valence electrons. The van der Waals surface area contributed by atoms with Gasteiger partial charge in [0.15, 0.2) is 12.0 Å². The first-order valence-electron chi connectivity index (χ1n) is 7.18. The zero-order chi connectivity index (χ0) is 16.0. The molecule has 4 heterocycles. The normalized spacial score (nSPS) is 27.8. The van der Waals surface area contributed by atoms with E-state index in [9.17, 15) is 15.3 Å². The molecule has 23 heavy (non-hydrogen) atoms. The molecule has 0 radical (unpaired) electrons. The molecule has 8 heteroatoms. The third-order valence-electron chi connectivity index (χ3n) is 4.06. The summed E-state index contributed by atoms with van der Waals surface area (Å²) in [6, 6.07) is 5.36. The quantitative estimate of drug-likeness (QED) is 0.636. The van der Waals surface area contributed by atoms with Crippen LogP contribution in [0.3, 0.4) is 0 Å². The first kappa shape index (κ1) is 14.3. The molecule has 0 spiro atoms. The predicted octanol–water partition coefficient (Wildman–Crippen LogP) is 0.303. The van der Waals surface area contributed by atoms with Crippen molar-refractivity contribution in [1.29, 1.82) is 0 Å². The van der Waals surface area contributed by atoms with Crippen LogP contribution in [-0.2, 0) is 4.74 Å². The number of hydrogen-bond donors (Lipinski definition) is 3. The minimum atomic E-state index is -1.16. The lowest BCUT2D eigenvalue weighted by Gasteiger charge is -2.17. The molecule has 1 aliphatic heterocycles. The van der Waals surface area contributed by atoms with Crippen LogP contribution in [0.5, 0.6) is 0 Å². The molecule has 1 aliphatic rings. The molecule has 3 N–H and O–H groups in total. The van der Waals surface area contributed by atoms with Crippen molar-refractivity contribution in [2.75, 3.05) is 6.61 Å². The highest BCUT2D eigenvalue weighted by molar-refractivity contribution is 5.89. The monoisotopic (exact) mass is 317 g/mol. The zero-order valence-electron chi connectivity index (χ0n) is 12.0. The van der Waals surface area contributed by atoms with Gasteiger partial charge in [-0.05, 0) is 18.2 Å². The van der Waals surface area contributed by atoms with Crippen molar-refractivity contribution in [1.82, 2.24) is 14.5 Å². The molecule has 4 atom stereocenters. The standard InChI is InChI=1S/C15H15N3O5/c19-6-10-12(20)13(21)15(23-10)18-4-3-8-11(9-2-1-5-22-9)16-7-17-14(8)18/h1-5,7,10,12-13,15,19-21H,6H2/t10?,12-,13-,15+/m0/s1. The van der Waals surface area contributed by atoms with Crippen molar-refractivity contribution in [3.8, 4) is 11.5 Å². The Bertz CT molecular complexity index is 816. The average molecular weight is 317 g/mol. The largest absolute Gasteiger partial charge is 0.463 e. The Kier molecular flexibility index (Phi) is 3.38. The molecule has 0 amide bonds. The molecule has 4 rings (SSSR count). The van der Waals surface area contributed by atoms with Crippen LogP contribution in [0.1, 0.15) is 6.23 Å². The Morgan fingerprint density at radius 3 is 2.74 bits per heavy atom. The van der Waals surface area contributed by atoms with Crippen molar-refractivity contribution in [2.24, 2.45) is 0 Å². The molecule has 1 unspecified atom stereocenters. The highest BCUT2D eigenvalue weighted by Gasteiger charge is 2.43. The number of furan rings is 1. The first-order chi connectivity index (χ1) is 11.2. The molecule has 1 saturated heterocycles. The fraction of sp³-hybridized carbons (Fsp3) is 0.333. The van der Waals surface area contributed by atoms with E-state index < -0.39 is 24.5 Å². The summed E-state index contributed by atoms with van der Waals surface area (Å²) in [6.07, 6.45) is 0.674. The van der Waals surface area contributed by atoms with E-state index in [4.69, 9.17) is 9.15 Å². The van der Waals surface area contributed by atoms with Gasteiger partial charge in [-0.3, -0.25) is 0 Å². The Morgan fingerprint density at radius 2 is 2.04 bits per heavy atom. The van der Waals surface area contributed by atoms with E-state index in [1.54, 1.807) is 35.2 Å². The fourth-order valence-corrected chi connectivity index (χ4v) is 2.90. The second kappa shape index (κ2) is 5.43. The van der Waals surface area contributed by atoms with Gasteiger partial charge in [0.05, 0.1) is 12.9 Å². The predicted molar refractivity (Wildman–Crippen MR) is 78.2 cm³/mol. The summed E-state index contributed by atoms with van der Waals surface area (Å²) in [6.45, 7) is -0.374. The van der Waals surface area contributed by atoms with Crippen molar-refractivity contribution >= 4 is 11.0 Å². The number of ether oxygens (including phenoxy) is 1. The molecular weight excluding hydrogens is 302 g/mol. The van der Waals surface area contributed by atoms with Crippen LogP contribution in [0.2, 0.25) is 0 Å². The maximum Gasteiger partial charge on any atom is 0.164 e. The fourth-order valence-electron chi connectivity index (χ4n) is 2.90. The van der Waals surface area contributed by atoms with Gasteiger partial charge in [0.1, 0.15) is 36.0 Å². The summed E-state index contributed by atoms with van der Waals surface area (Å²) < 4.78 is 12.5. The molecule has 1 fully saturated rings. The number of aliphatic hydroxyl groups excluding tert-OH is 3. The van der Waals surface area contributed by atoms with Gasteiger partial charge in [0.2, 0.25) is 0 Å². The van der Waals surface area contributed by atoms with Crippen LogP contribution in [0, 0.1) is 0 Å². The minimum Gasteiger partial charge on any atom is -0.463 e. The van der Waals surface area contributed by atoms with E-state index >= 15 is 0 Å². The molecular formula is C15H15N3O5. The van der Waals surface area contributed by atoms with E-state index in [1.807, 2.05) is 0 Å². The molecule has 0 aliphatic carbocycles. The van der Waals surface area contributed by atoms with Gasteiger partial charge in [-0.25, -0.2) is 9.97 Å². The maximum atomic E-state index is 10.2. The van der Waals surface area contributed by atoms with Gasteiger partial charge in [-0.15, -0.1) is 0 Å². The number of aliphatic hydroxyl groups is 3. The van der Waals surface area contributed by atoms with E-state index in [-0.39, 0.29) is 6.61 Å². The highest BCUT2D eigenvalue weighted by Crippen LogP contribution is 2.34. The zero-order valence-corrected chi connectivity index (χ0v) is 12.0. The SMILES string of the molecule is OCC1O[C@@H](n2ccc3c(-c4ccco4)ncnc32)[C@@H](O)[C@H]1O. The number of rotatable bonds is 3. The molecule has 8 nitrogen and oxygen atoms in total. The number of fused-ring (bicyclic) bond motifs is 1.